The molecule has 0 fully saturated rings. The standard InChI is InChI=1S/C13H14N6O/c1-8(7-9-5-3-2-4-6-9)15-11-10(14)16-12-13(17-11)19-20-18-12/h2-6,8H,7H2,1H3,(H2,14,16,18)(H,15,17,19)/t8-/m1/s1. The number of nitrogens with zero attached hydrogens (tertiary/aromatic N) is 4. The van der Waals surface area contributed by atoms with Crippen LogP contribution in [0.25, 0.3) is 11.3 Å². The zero-order valence-corrected chi connectivity index (χ0v) is 10.9. The van der Waals surface area contributed by atoms with Gasteiger partial charge in [0.1, 0.15) is 0 Å². The Kier molecular flexibility index (Phi) is 3.16. The second-order valence-electron chi connectivity index (χ2n) is 4.60. The third-order valence-electron chi connectivity index (χ3n) is 2.91. The summed E-state index contributed by atoms with van der Waals surface area (Å²) in [5, 5.41) is 10.5. The lowest BCUT2D eigenvalue weighted by molar-refractivity contribution is 0.314. The number of anilines is 2. The van der Waals surface area contributed by atoms with Gasteiger partial charge in [0.05, 0.1) is 0 Å². The zero-order valence-electron chi connectivity index (χ0n) is 10.9. The summed E-state index contributed by atoms with van der Waals surface area (Å²) in [7, 11) is 0. The monoisotopic (exact) mass is 270 g/mol. The third kappa shape index (κ3) is 2.51. The summed E-state index contributed by atoms with van der Waals surface area (Å²) in [6.07, 6.45) is 0.858. The molecule has 0 saturated carbocycles. The van der Waals surface area contributed by atoms with Crippen LogP contribution < -0.4 is 11.1 Å². The number of hydrogen-bond donors (Lipinski definition) is 2. The summed E-state index contributed by atoms with van der Waals surface area (Å²) in [5.41, 5.74) is 7.73. The van der Waals surface area contributed by atoms with E-state index in [1.165, 1.54) is 5.56 Å². The predicted octanol–water partition coefficient (Wildman–Crippen LogP) is 1.64. The SMILES string of the molecule is C[C@H](Cc1ccccc1)Nc1nc2nonc2nc1N. The molecule has 20 heavy (non-hydrogen) atoms. The van der Waals surface area contributed by atoms with E-state index in [0.29, 0.717) is 17.1 Å². The third-order valence-corrected chi connectivity index (χ3v) is 2.91. The van der Waals surface area contributed by atoms with E-state index in [2.05, 4.69) is 49.3 Å². The fraction of sp³-hybridized carbons (Fsp3) is 0.231. The average molecular weight is 270 g/mol. The Balaban J connectivity index is 1.76. The number of nitrogens with one attached hydrogen (secondary N) is 1. The van der Waals surface area contributed by atoms with Gasteiger partial charge in [0, 0.05) is 6.04 Å². The Morgan fingerprint density at radius 3 is 2.60 bits per heavy atom. The highest BCUT2D eigenvalue weighted by molar-refractivity contribution is 5.72. The van der Waals surface area contributed by atoms with Gasteiger partial charge in [-0.1, -0.05) is 30.3 Å². The molecule has 7 nitrogen and oxygen atoms in total. The molecular weight excluding hydrogens is 256 g/mol. The molecule has 0 aliphatic heterocycles. The minimum Gasteiger partial charge on any atom is -0.381 e. The maximum Gasteiger partial charge on any atom is 0.245 e. The van der Waals surface area contributed by atoms with Crippen LogP contribution in [0.3, 0.4) is 0 Å². The molecule has 2 aromatic heterocycles. The number of nitrogens with two attached hydrogens (primary N) is 1. The van der Waals surface area contributed by atoms with Crippen LogP contribution in [-0.4, -0.2) is 26.3 Å². The van der Waals surface area contributed by atoms with Gasteiger partial charge in [-0.2, -0.15) is 0 Å². The van der Waals surface area contributed by atoms with Gasteiger partial charge < -0.3 is 11.1 Å². The van der Waals surface area contributed by atoms with Crippen LogP contribution in [0, 0.1) is 0 Å². The van der Waals surface area contributed by atoms with Crippen LogP contribution in [0.2, 0.25) is 0 Å². The normalized spacial score (nSPS) is 12.4. The molecule has 3 rings (SSSR count). The minimum atomic E-state index is 0.159. The average Bonchev–Trinajstić information content (AvgIpc) is 2.87. The lowest BCUT2D eigenvalue weighted by Crippen LogP contribution is -2.20. The lowest BCUT2D eigenvalue weighted by Gasteiger charge is -2.15. The Morgan fingerprint density at radius 2 is 1.85 bits per heavy atom. The first kappa shape index (κ1) is 12.3. The molecule has 0 amide bonds. The van der Waals surface area contributed by atoms with Gasteiger partial charge in [-0.15, -0.1) is 0 Å². The van der Waals surface area contributed by atoms with E-state index in [9.17, 15) is 0 Å². The first-order chi connectivity index (χ1) is 9.72. The van der Waals surface area contributed by atoms with Crippen molar-refractivity contribution in [3.63, 3.8) is 0 Å². The number of aromatic nitrogens is 4. The smallest absolute Gasteiger partial charge is 0.245 e. The van der Waals surface area contributed by atoms with E-state index in [1.54, 1.807) is 0 Å². The Bertz CT molecular complexity index is 711. The first-order valence-corrected chi connectivity index (χ1v) is 6.28. The van der Waals surface area contributed by atoms with E-state index in [1.807, 2.05) is 18.2 Å². The van der Waals surface area contributed by atoms with Crippen LogP contribution in [0.5, 0.6) is 0 Å². The molecule has 0 radical (unpaired) electrons. The molecular formula is C13H14N6O. The summed E-state index contributed by atoms with van der Waals surface area (Å²) in [6, 6.07) is 10.4. The molecule has 0 saturated heterocycles. The molecule has 1 aromatic carbocycles. The number of benzene rings is 1. The van der Waals surface area contributed by atoms with Gasteiger partial charge in [-0.05, 0) is 29.2 Å². The molecule has 1 atom stereocenters. The van der Waals surface area contributed by atoms with Crippen molar-refractivity contribution < 1.29 is 4.63 Å². The summed E-state index contributed by atoms with van der Waals surface area (Å²) >= 11 is 0. The van der Waals surface area contributed by atoms with Gasteiger partial charge in [-0.3, -0.25) is 0 Å². The van der Waals surface area contributed by atoms with Crippen LogP contribution in [0.4, 0.5) is 11.6 Å². The van der Waals surface area contributed by atoms with E-state index < -0.39 is 0 Å². The molecule has 7 heteroatoms. The second kappa shape index (κ2) is 5.12. The van der Waals surface area contributed by atoms with Crippen LogP contribution in [0.1, 0.15) is 12.5 Å². The maximum atomic E-state index is 5.84. The molecule has 2 heterocycles. The fourth-order valence-electron chi connectivity index (χ4n) is 2.01. The number of nitrogen functional groups attached to an aromatic ring is 1. The number of rotatable bonds is 4. The van der Waals surface area contributed by atoms with Gasteiger partial charge in [0.25, 0.3) is 0 Å². The summed E-state index contributed by atoms with van der Waals surface area (Å²) in [4.78, 5) is 8.33. The van der Waals surface area contributed by atoms with Gasteiger partial charge in [0.15, 0.2) is 11.6 Å². The maximum absolute atomic E-state index is 5.84. The van der Waals surface area contributed by atoms with E-state index in [-0.39, 0.29) is 11.9 Å². The van der Waals surface area contributed by atoms with E-state index in [4.69, 9.17) is 5.73 Å². The molecule has 0 aliphatic rings. The van der Waals surface area contributed by atoms with E-state index >= 15 is 0 Å². The van der Waals surface area contributed by atoms with Crippen LogP contribution in [-0.2, 0) is 6.42 Å². The van der Waals surface area contributed by atoms with Crippen molar-refractivity contribution in [2.75, 3.05) is 11.1 Å². The van der Waals surface area contributed by atoms with Gasteiger partial charge in [0.2, 0.25) is 11.3 Å². The van der Waals surface area contributed by atoms with Crippen LogP contribution in [0.15, 0.2) is 35.0 Å². The van der Waals surface area contributed by atoms with Crippen molar-refractivity contribution in [1.82, 2.24) is 20.3 Å². The highest BCUT2D eigenvalue weighted by Crippen LogP contribution is 2.17. The Hall–Kier alpha value is -2.70. The topological polar surface area (TPSA) is 103 Å². The van der Waals surface area contributed by atoms with Crippen molar-refractivity contribution in [2.45, 2.75) is 19.4 Å². The Labute approximate surface area is 115 Å². The fourth-order valence-corrected chi connectivity index (χ4v) is 2.01. The summed E-state index contributed by atoms with van der Waals surface area (Å²) in [6.45, 7) is 2.05. The van der Waals surface area contributed by atoms with E-state index in [0.717, 1.165) is 6.42 Å². The molecule has 0 unspecified atom stereocenters. The Morgan fingerprint density at radius 1 is 1.15 bits per heavy atom. The minimum absolute atomic E-state index is 0.159. The van der Waals surface area contributed by atoms with Crippen LogP contribution >= 0.6 is 0 Å². The lowest BCUT2D eigenvalue weighted by atomic mass is 10.1. The molecule has 3 aromatic rings. The van der Waals surface area contributed by atoms with Gasteiger partial charge >= 0.3 is 0 Å². The summed E-state index contributed by atoms with van der Waals surface area (Å²) < 4.78 is 4.57. The number of fused-ring (bicyclic) bond motifs is 1. The first-order valence-electron chi connectivity index (χ1n) is 6.28. The molecule has 3 N–H and O–H groups in total. The molecule has 0 spiro atoms. The largest absolute Gasteiger partial charge is 0.381 e. The van der Waals surface area contributed by atoms with Crippen molar-refractivity contribution in [2.24, 2.45) is 0 Å². The van der Waals surface area contributed by atoms with Crippen molar-refractivity contribution in [1.29, 1.82) is 0 Å². The predicted molar refractivity (Wildman–Crippen MR) is 75.0 cm³/mol. The van der Waals surface area contributed by atoms with Crippen molar-refractivity contribution in [3.05, 3.63) is 35.9 Å². The van der Waals surface area contributed by atoms with Gasteiger partial charge in [-0.25, -0.2) is 14.6 Å². The van der Waals surface area contributed by atoms with Crippen molar-refractivity contribution >= 4 is 22.9 Å². The molecule has 102 valence electrons. The second-order valence-corrected chi connectivity index (χ2v) is 4.60. The number of hydrogen-bond acceptors (Lipinski definition) is 7. The highest BCUT2D eigenvalue weighted by Gasteiger charge is 2.12. The molecule has 0 bridgehead atoms. The van der Waals surface area contributed by atoms with Crippen molar-refractivity contribution in [3.8, 4) is 0 Å². The zero-order chi connectivity index (χ0) is 13.9. The summed E-state index contributed by atoms with van der Waals surface area (Å²) in [5.74, 6) is 0.782. The quantitative estimate of drug-likeness (QED) is 0.742. The molecule has 0 aliphatic carbocycles. The highest BCUT2D eigenvalue weighted by atomic mass is 16.6.